The molecule has 1 aliphatic heterocycles. The molecule has 3 aromatic rings. The predicted octanol–water partition coefficient (Wildman–Crippen LogP) is 3.15. The quantitative estimate of drug-likeness (QED) is 0.546. The van der Waals surface area contributed by atoms with Gasteiger partial charge in [-0.3, -0.25) is 9.36 Å². The summed E-state index contributed by atoms with van der Waals surface area (Å²) in [6.45, 7) is 1.93. The van der Waals surface area contributed by atoms with Gasteiger partial charge in [-0.05, 0) is 40.0 Å². The van der Waals surface area contributed by atoms with Crippen LogP contribution < -0.4 is 14.9 Å². The lowest BCUT2D eigenvalue weighted by molar-refractivity contribution is -0.136. The number of hydrogen-bond acceptors (Lipinski definition) is 6. The maximum absolute atomic E-state index is 13.3. The predicted molar refractivity (Wildman–Crippen MR) is 113 cm³/mol. The van der Waals surface area contributed by atoms with Gasteiger partial charge in [-0.25, -0.2) is 9.79 Å². The highest BCUT2D eigenvalue weighted by molar-refractivity contribution is 9.10. The number of carbonyl (C=O) groups is 1. The molecule has 0 N–H and O–H groups in total. The van der Waals surface area contributed by atoms with Crippen LogP contribution in [0.5, 0.6) is 0 Å². The summed E-state index contributed by atoms with van der Waals surface area (Å²) in [6.07, 6.45) is 2.23. The lowest BCUT2D eigenvalue weighted by Crippen LogP contribution is -2.40. The van der Waals surface area contributed by atoms with Gasteiger partial charge in [0.15, 0.2) is 9.47 Å². The van der Waals surface area contributed by atoms with Crippen molar-refractivity contribution < 1.29 is 13.9 Å². The third kappa shape index (κ3) is 3.54. The number of benzene rings is 1. The van der Waals surface area contributed by atoms with Gasteiger partial charge in [0.2, 0.25) is 0 Å². The number of thiazole rings is 1. The SMILES string of the molecule is CCC1=C(C(=O)OC)[C@@H](c2ccccc2)n2c(s/c(=C\c3ccc(Br)o3)c2=O)=N1. The van der Waals surface area contributed by atoms with Crippen LogP contribution >= 0.6 is 27.3 Å². The number of methoxy groups -OCH3 is 1. The molecule has 0 aliphatic carbocycles. The summed E-state index contributed by atoms with van der Waals surface area (Å²) in [4.78, 5) is 31.1. The summed E-state index contributed by atoms with van der Waals surface area (Å²) in [7, 11) is 1.34. The van der Waals surface area contributed by atoms with Crippen LogP contribution in [0.25, 0.3) is 6.08 Å². The fraction of sp³-hybridized carbons (Fsp3) is 0.190. The zero-order chi connectivity index (χ0) is 20.5. The normalized spacial score (nSPS) is 16.5. The fourth-order valence-corrected chi connectivity index (χ4v) is 4.67. The average molecular weight is 473 g/mol. The van der Waals surface area contributed by atoms with Crippen LogP contribution in [0, 0.1) is 0 Å². The van der Waals surface area contributed by atoms with Crippen LogP contribution in [0.15, 0.2) is 72.6 Å². The Morgan fingerprint density at radius 2 is 2.07 bits per heavy atom. The van der Waals surface area contributed by atoms with Gasteiger partial charge in [0.1, 0.15) is 5.76 Å². The number of nitrogens with zero attached hydrogens (tertiary/aromatic N) is 2. The van der Waals surface area contributed by atoms with E-state index in [1.165, 1.54) is 18.4 Å². The van der Waals surface area contributed by atoms with Crippen LogP contribution in [0.2, 0.25) is 0 Å². The molecule has 0 saturated carbocycles. The molecular weight excluding hydrogens is 456 g/mol. The molecule has 0 saturated heterocycles. The van der Waals surface area contributed by atoms with Gasteiger partial charge in [-0.2, -0.15) is 0 Å². The lowest BCUT2D eigenvalue weighted by atomic mass is 9.95. The molecule has 2 aromatic heterocycles. The van der Waals surface area contributed by atoms with Crippen LogP contribution in [0.1, 0.15) is 30.7 Å². The molecule has 3 heterocycles. The highest BCUT2D eigenvalue weighted by atomic mass is 79.9. The summed E-state index contributed by atoms with van der Waals surface area (Å²) in [5, 5.41) is 0. The van der Waals surface area contributed by atoms with E-state index in [9.17, 15) is 9.59 Å². The number of carbonyl (C=O) groups excluding carboxylic acids is 1. The molecule has 0 amide bonds. The molecule has 8 heteroatoms. The molecule has 1 aromatic carbocycles. The standard InChI is InChI=1S/C21H17BrN2O4S/c1-3-14-17(20(26)27-2)18(12-7-5-4-6-8-12)24-19(25)15(29-21(24)23-14)11-13-9-10-16(22)28-13/h4-11,18H,3H2,1-2H3/b15-11-/t18-/m1/s1. The third-order valence-electron chi connectivity index (χ3n) is 4.63. The monoisotopic (exact) mass is 472 g/mol. The van der Waals surface area contributed by atoms with E-state index >= 15 is 0 Å². The lowest BCUT2D eigenvalue weighted by Gasteiger charge is -2.25. The van der Waals surface area contributed by atoms with E-state index in [-0.39, 0.29) is 5.56 Å². The molecule has 0 spiro atoms. The summed E-state index contributed by atoms with van der Waals surface area (Å²) in [5.41, 5.74) is 1.61. The van der Waals surface area contributed by atoms with Gasteiger partial charge in [-0.15, -0.1) is 0 Å². The van der Waals surface area contributed by atoms with E-state index < -0.39 is 12.0 Å². The molecule has 0 radical (unpaired) electrons. The number of esters is 1. The second-order valence-electron chi connectivity index (χ2n) is 6.34. The van der Waals surface area contributed by atoms with Crippen molar-refractivity contribution in [2.75, 3.05) is 7.11 Å². The number of aromatic nitrogens is 1. The summed E-state index contributed by atoms with van der Waals surface area (Å²) in [5.74, 6) is 0.0741. The van der Waals surface area contributed by atoms with Crippen molar-refractivity contribution >= 4 is 39.3 Å². The maximum atomic E-state index is 13.3. The van der Waals surface area contributed by atoms with Gasteiger partial charge >= 0.3 is 5.97 Å². The Kier molecular flexibility index (Phi) is 5.38. The molecule has 0 unspecified atom stereocenters. The zero-order valence-electron chi connectivity index (χ0n) is 15.7. The van der Waals surface area contributed by atoms with Gasteiger partial charge < -0.3 is 9.15 Å². The number of fused-ring (bicyclic) bond motifs is 1. The number of furan rings is 1. The maximum Gasteiger partial charge on any atom is 0.338 e. The Bertz CT molecular complexity index is 1280. The molecule has 0 bridgehead atoms. The molecule has 0 fully saturated rings. The highest BCUT2D eigenvalue weighted by Crippen LogP contribution is 2.31. The number of allylic oxidation sites excluding steroid dienone is 1. The summed E-state index contributed by atoms with van der Waals surface area (Å²) < 4.78 is 13.2. The first-order valence-corrected chi connectivity index (χ1v) is 10.6. The van der Waals surface area contributed by atoms with Crippen molar-refractivity contribution in [1.82, 2.24) is 4.57 Å². The van der Waals surface area contributed by atoms with Crippen molar-refractivity contribution in [2.45, 2.75) is 19.4 Å². The van der Waals surface area contributed by atoms with Crippen molar-refractivity contribution in [3.05, 3.63) is 89.4 Å². The van der Waals surface area contributed by atoms with E-state index in [0.717, 1.165) is 5.56 Å². The molecule has 29 heavy (non-hydrogen) atoms. The second-order valence-corrected chi connectivity index (χ2v) is 8.13. The first-order chi connectivity index (χ1) is 14.0. The summed E-state index contributed by atoms with van der Waals surface area (Å²) >= 11 is 4.54. The Morgan fingerprint density at radius 3 is 2.69 bits per heavy atom. The largest absolute Gasteiger partial charge is 0.466 e. The Labute approximate surface area is 178 Å². The zero-order valence-corrected chi connectivity index (χ0v) is 18.1. The van der Waals surface area contributed by atoms with Crippen molar-refractivity contribution in [2.24, 2.45) is 4.99 Å². The van der Waals surface area contributed by atoms with E-state index in [1.54, 1.807) is 22.8 Å². The number of ether oxygens (including phenoxy) is 1. The van der Waals surface area contributed by atoms with E-state index in [2.05, 4.69) is 20.9 Å². The number of rotatable bonds is 4. The fourth-order valence-electron chi connectivity index (χ4n) is 3.35. The number of halogens is 1. The van der Waals surface area contributed by atoms with Crippen LogP contribution in [-0.4, -0.2) is 17.6 Å². The van der Waals surface area contributed by atoms with E-state index in [4.69, 9.17) is 9.15 Å². The highest BCUT2D eigenvalue weighted by Gasteiger charge is 2.33. The average Bonchev–Trinajstić information content (AvgIpc) is 3.29. The van der Waals surface area contributed by atoms with Crippen LogP contribution in [-0.2, 0) is 9.53 Å². The van der Waals surface area contributed by atoms with Gasteiger partial charge in [0.25, 0.3) is 5.56 Å². The van der Waals surface area contributed by atoms with Crippen molar-refractivity contribution in [3.63, 3.8) is 0 Å². The van der Waals surface area contributed by atoms with E-state index in [1.807, 2.05) is 37.3 Å². The van der Waals surface area contributed by atoms with Gasteiger partial charge in [-0.1, -0.05) is 48.6 Å². The smallest absolute Gasteiger partial charge is 0.338 e. The first kappa shape index (κ1) is 19.6. The minimum atomic E-state index is -0.597. The van der Waals surface area contributed by atoms with Crippen molar-refractivity contribution in [3.8, 4) is 0 Å². The Hall–Kier alpha value is -2.71. The number of hydrogen-bond donors (Lipinski definition) is 0. The minimum absolute atomic E-state index is 0.230. The molecule has 1 atom stereocenters. The first-order valence-electron chi connectivity index (χ1n) is 8.97. The molecule has 148 valence electrons. The van der Waals surface area contributed by atoms with E-state index in [0.29, 0.717) is 37.5 Å². The topological polar surface area (TPSA) is 73.8 Å². The molecule has 4 rings (SSSR count). The van der Waals surface area contributed by atoms with Gasteiger partial charge in [0.05, 0.1) is 29.0 Å². The third-order valence-corrected chi connectivity index (χ3v) is 6.04. The molecule has 1 aliphatic rings. The van der Waals surface area contributed by atoms with Crippen molar-refractivity contribution in [1.29, 1.82) is 0 Å². The minimum Gasteiger partial charge on any atom is -0.466 e. The second kappa shape index (κ2) is 7.96. The summed E-state index contributed by atoms with van der Waals surface area (Å²) in [6, 6.07) is 12.4. The van der Waals surface area contributed by atoms with Crippen LogP contribution in [0.3, 0.4) is 0 Å². The van der Waals surface area contributed by atoms with Crippen LogP contribution in [0.4, 0.5) is 0 Å². The molecule has 6 nitrogen and oxygen atoms in total. The Morgan fingerprint density at radius 1 is 1.31 bits per heavy atom. The molecular formula is C21H17BrN2O4S. The van der Waals surface area contributed by atoms with Gasteiger partial charge in [0, 0.05) is 6.08 Å². The Balaban J connectivity index is 2.01.